The summed E-state index contributed by atoms with van der Waals surface area (Å²) in [6.07, 6.45) is 6.47. The lowest BCUT2D eigenvalue weighted by Gasteiger charge is -2.25. The molecular formula is C17H24N2O3S. The van der Waals surface area contributed by atoms with Crippen molar-refractivity contribution in [1.29, 1.82) is 0 Å². The second-order valence-electron chi connectivity index (χ2n) is 6.91. The number of nitrogens with one attached hydrogen (secondary N) is 2. The Hall–Kier alpha value is -1.11. The number of benzene rings is 1. The third kappa shape index (κ3) is 2.99. The van der Waals surface area contributed by atoms with Crippen molar-refractivity contribution in [2.45, 2.75) is 61.5 Å². The van der Waals surface area contributed by atoms with Gasteiger partial charge in [0.2, 0.25) is 10.0 Å². The SMILES string of the molecule is O=S(=O)(NC1CCCCC1)c1ccc2c(c1)C1CCNCC1O2. The first-order chi connectivity index (χ1) is 11.1. The fourth-order valence-corrected chi connectivity index (χ4v) is 5.41. The zero-order chi connectivity index (χ0) is 15.9. The molecule has 4 rings (SSSR count). The second kappa shape index (κ2) is 6.07. The largest absolute Gasteiger partial charge is 0.488 e. The lowest BCUT2D eigenvalue weighted by atomic mass is 9.90. The molecule has 0 bridgehead atoms. The Bertz CT molecular complexity index is 683. The Morgan fingerprint density at radius 2 is 1.96 bits per heavy atom. The van der Waals surface area contributed by atoms with Crippen molar-refractivity contribution in [3.8, 4) is 5.75 Å². The van der Waals surface area contributed by atoms with Gasteiger partial charge in [0.1, 0.15) is 11.9 Å². The van der Waals surface area contributed by atoms with E-state index in [4.69, 9.17) is 4.74 Å². The summed E-state index contributed by atoms with van der Waals surface area (Å²) >= 11 is 0. The van der Waals surface area contributed by atoms with Crippen molar-refractivity contribution in [3.63, 3.8) is 0 Å². The van der Waals surface area contributed by atoms with Crippen LogP contribution in [0.25, 0.3) is 0 Å². The van der Waals surface area contributed by atoms with Crippen LogP contribution < -0.4 is 14.8 Å². The van der Waals surface area contributed by atoms with Gasteiger partial charge in [-0.15, -0.1) is 0 Å². The molecule has 2 heterocycles. The van der Waals surface area contributed by atoms with Gasteiger partial charge in [0.25, 0.3) is 0 Å². The van der Waals surface area contributed by atoms with Crippen LogP contribution >= 0.6 is 0 Å². The summed E-state index contributed by atoms with van der Waals surface area (Å²) in [5.74, 6) is 1.16. The summed E-state index contributed by atoms with van der Waals surface area (Å²) < 4.78 is 34.2. The molecule has 1 saturated heterocycles. The van der Waals surface area contributed by atoms with E-state index in [0.29, 0.717) is 10.8 Å². The third-order valence-electron chi connectivity index (χ3n) is 5.32. The van der Waals surface area contributed by atoms with E-state index in [-0.39, 0.29) is 12.1 Å². The van der Waals surface area contributed by atoms with Gasteiger partial charge in [-0.2, -0.15) is 0 Å². The molecule has 0 spiro atoms. The topological polar surface area (TPSA) is 67.4 Å². The van der Waals surface area contributed by atoms with Crippen molar-refractivity contribution in [1.82, 2.24) is 10.0 Å². The number of rotatable bonds is 3. The number of hydrogen-bond donors (Lipinski definition) is 2. The second-order valence-corrected chi connectivity index (χ2v) is 8.63. The van der Waals surface area contributed by atoms with E-state index < -0.39 is 10.0 Å². The average molecular weight is 336 g/mol. The Balaban J connectivity index is 1.58. The molecular weight excluding hydrogens is 312 g/mol. The number of ether oxygens (including phenoxy) is 1. The van der Waals surface area contributed by atoms with Gasteiger partial charge in [-0.3, -0.25) is 0 Å². The molecule has 126 valence electrons. The highest BCUT2D eigenvalue weighted by atomic mass is 32.2. The molecule has 1 saturated carbocycles. The van der Waals surface area contributed by atoms with Crippen LogP contribution in [0.4, 0.5) is 0 Å². The van der Waals surface area contributed by atoms with E-state index in [1.807, 2.05) is 12.1 Å². The van der Waals surface area contributed by atoms with Gasteiger partial charge in [-0.25, -0.2) is 13.1 Å². The van der Waals surface area contributed by atoms with Gasteiger partial charge in [0, 0.05) is 24.1 Å². The van der Waals surface area contributed by atoms with Crippen LogP contribution in [-0.4, -0.2) is 33.7 Å². The average Bonchev–Trinajstić information content (AvgIpc) is 2.93. The van der Waals surface area contributed by atoms with E-state index in [2.05, 4.69) is 10.0 Å². The van der Waals surface area contributed by atoms with Gasteiger partial charge >= 0.3 is 0 Å². The Labute approximate surface area is 137 Å². The highest BCUT2D eigenvalue weighted by molar-refractivity contribution is 7.89. The van der Waals surface area contributed by atoms with E-state index >= 15 is 0 Å². The minimum atomic E-state index is -3.44. The first-order valence-corrected chi connectivity index (χ1v) is 10.2. The van der Waals surface area contributed by atoms with Crippen LogP contribution in [0.5, 0.6) is 5.75 Å². The number of hydrogen-bond acceptors (Lipinski definition) is 4. The van der Waals surface area contributed by atoms with Crippen LogP contribution in [0.2, 0.25) is 0 Å². The summed E-state index contributed by atoms with van der Waals surface area (Å²) in [6.45, 7) is 1.79. The minimum absolute atomic E-state index is 0.0879. The van der Waals surface area contributed by atoms with Crippen molar-refractivity contribution in [2.24, 2.45) is 0 Å². The van der Waals surface area contributed by atoms with Crippen molar-refractivity contribution in [2.75, 3.05) is 13.1 Å². The van der Waals surface area contributed by atoms with Gasteiger partial charge in [0.15, 0.2) is 0 Å². The molecule has 2 atom stereocenters. The fourth-order valence-electron chi connectivity index (χ4n) is 4.07. The zero-order valence-electron chi connectivity index (χ0n) is 13.3. The Morgan fingerprint density at radius 3 is 2.78 bits per heavy atom. The third-order valence-corrected chi connectivity index (χ3v) is 6.84. The lowest BCUT2D eigenvalue weighted by Crippen LogP contribution is -2.39. The molecule has 2 fully saturated rings. The zero-order valence-corrected chi connectivity index (χ0v) is 14.1. The van der Waals surface area contributed by atoms with Crippen LogP contribution in [0.3, 0.4) is 0 Å². The molecule has 3 aliphatic rings. The molecule has 2 aliphatic heterocycles. The predicted molar refractivity (Wildman–Crippen MR) is 88.3 cm³/mol. The smallest absolute Gasteiger partial charge is 0.240 e. The van der Waals surface area contributed by atoms with Crippen LogP contribution in [-0.2, 0) is 10.0 Å². The van der Waals surface area contributed by atoms with E-state index in [0.717, 1.165) is 56.5 Å². The van der Waals surface area contributed by atoms with E-state index in [1.54, 1.807) is 6.07 Å². The molecule has 0 radical (unpaired) electrons. The first-order valence-electron chi connectivity index (χ1n) is 8.67. The Morgan fingerprint density at radius 1 is 1.13 bits per heavy atom. The Kier molecular flexibility index (Phi) is 4.07. The molecule has 1 aromatic carbocycles. The summed E-state index contributed by atoms with van der Waals surface area (Å²) in [5, 5.41) is 3.33. The van der Waals surface area contributed by atoms with Crippen LogP contribution in [0.15, 0.2) is 23.1 Å². The predicted octanol–water partition coefficient (Wildman–Crippen LogP) is 2.14. The molecule has 1 aliphatic carbocycles. The first kappa shape index (κ1) is 15.4. The van der Waals surface area contributed by atoms with Gasteiger partial charge < -0.3 is 10.1 Å². The molecule has 2 unspecified atom stereocenters. The maximum atomic E-state index is 12.7. The monoisotopic (exact) mass is 336 g/mol. The highest BCUT2D eigenvalue weighted by Crippen LogP contribution is 2.42. The lowest BCUT2D eigenvalue weighted by molar-refractivity contribution is 0.177. The summed E-state index contributed by atoms with van der Waals surface area (Å²) in [5.41, 5.74) is 1.06. The molecule has 2 N–H and O–H groups in total. The molecule has 0 amide bonds. The minimum Gasteiger partial charge on any atom is -0.488 e. The van der Waals surface area contributed by atoms with Crippen molar-refractivity contribution >= 4 is 10.0 Å². The molecule has 5 nitrogen and oxygen atoms in total. The fraction of sp³-hybridized carbons (Fsp3) is 0.647. The van der Waals surface area contributed by atoms with Crippen molar-refractivity contribution in [3.05, 3.63) is 23.8 Å². The number of piperidine rings is 1. The normalized spacial score (nSPS) is 28.0. The maximum Gasteiger partial charge on any atom is 0.240 e. The quantitative estimate of drug-likeness (QED) is 0.887. The maximum absolute atomic E-state index is 12.7. The summed E-state index contributed by atoms with van der Waals surface area (Å²) in [7, 11) is -3.44. The summed E-state index contributed by atoms with van der Waals surface area (Å²) in [4.78, 5) is 0.379. The molecule has 0 aromatic heterocycles. The van der Waals surface area contributed by atoms with Gasteiger partial charge in [0.05, 0.1) is 4.90 Å². The van der Waals surface area contributed by atoms with E-state index in [1.165, 1.54) is 6.42 Å². The molecule has 23 heavy (non-hydrogen) atoms. The standard InChI is InChI=1S/C17H24N2O3S/c20-23(21,19-12-4-2-1-3-5-12)13-6-7-16-15(10-13)14-8-9-18-11-17(14)22-16/h6-7,10,12,14,17-19H,1-5,8-9,11H2. The van der Waals surface area contributed by atoms with Crippen LogP contribution in [0, 0.1) is 0 Å². The van der Waals surface area contributed by atoms with Gasteiger partial charge in [-0.1, -0.05) is 19.3 Å². The molecule has 1 aromatic rings. The highest BCUT2D eigenvalue weighted by Gasteiger charge is 2.37. The van der Waals surface area contributed by atoms with E-state index in [9.17, 15) is 8.42 Å². The van der Waals surface area contributed by atoms with Gasteiger partial charge in [-0.05, 0) is 44.0 Å². The van der Waals surface area contributed by atoms with Crippen molar-refractivity contribution < 1.29 is 13.2 Å². The number of sulfonamides is 1. The molecule has 6 heteroatoms. The van der Waals surface area contributed by atoms with Crippen LogP contribution in [0.1, 0.15) is 50.0 Å². The summed E-state index contributed by atoms with van der Waals surface area (Å²) in [6, 6.07) is 5.42. The number of fused-ring (bicyclic) bond motifs is 3.